The third-order valence-electron chi connectivity index (χ3n) is 5.13. The molecule has 4 rings (SSSR count). The third kappa shape index (κ3) is 4.08. The molecule has 1 spiro atoms. The van der Waals surface area contributed by atoms with Gasteiger partial charge in [0.15, 0.2) is 0 Å². The summed E-state index contributed by atoms with van der Waals surface area (Å²) in [6.45, 7) is 3.19. The highest BCUT2D eigenvalue weighted by Gasteiger charge is 2.38. The van der Waals surface area contributed by atoms with Crippen LogP contribution in [-0.2, 0) is 16.0 Å². The van der Waals surface area contributed by atoms with Gasteiger partial charge in [0.25, 0.3) is 0 Å². The molecular weight excluding hydrogens is 339 g/mol. The Morgan fingerprint density at radius 2 is 2.00 bits per heavy atom. The molecule has 0 saturated carbocycles. The highest BCUT2D eigenvalue weighted by molar-refractivity contribution is 7.09. The molecule has 1 aromatic carbocycles. The van der Waals surface area contributed by atoms with Crippen LogP contribution in [0.15, 0.2) is 29.6 Å². The third-order valence-corrected chi connectivity index (χ3v) is 5.98. The molecule has 3 heterocycles. The SMILES string of the molecule is Fc1ccc(-c2csc(CN[C@@H]3CCOC4(CCOCC4)C3)n2)cc1. The lowest BCUT2D eigenvalue weighted by Gasteiger charge is -2.43. The first kappa shape index (κ1) is 17.1. The van der Waals surface area contributed by atoms with E-state index in [1.165, 1.54) is 12.1 Å². The summed E-state index contributed by atoms with van der Waals surface area (Å²) in [5.74, 6) is -0.220. The lowest BCUT2D eigenvalue weighted by molar-refractivity contribution is -0.140. The van der Waals surface area contributed by atoms with E-state index in [1.54, 1.807) is 23.5 Å². The molecule has 0 bridgehead atoms. The minimum atomic E-state index is -0.220. The number of thiazole rings is 1. The molecule has 6 heteroatoms. The first-order valence-corrected chi connectivity index (χ1v) is 9.76. The molecular formula is C19H23FN2O2S. The maximum absolute atomic E-state index is 13.0. The highest BCUT2D eigenvalue weighted by atomic mass is 32.1. The van der Waals surface area contributed by atoms with Gasteiger partial charge in [-0.1, -0.05) is 0 Å². The van der Waals surface area contributed by atoms with Crippen LogP contribution in [0.3, 0.4) is 0 Å². The fraction of sp³-hybridized carbons (Fsp3) is 0.526. The van der Waals surface area contributed by atoms with Gasteiger partial charge in [0.1, 0.15) is 10.8 Å². The van der Waals surface area contributed by atoms with E-state index in [2.05, 4.69) is 10.3 Å². The molecule has 4 nitrogen and oxygen atoms in total. The molecule has 1 N–H and O–H groups in total. The summed E-state index contributed by atoms with van der Waals surface area (Å²) in [6.07, 6.45) is 4.08. The summed E-state index contributed by atoms with van der Waals surface area (Å²) in [7, 11) is 0. The Morgan fingerprint density at radius 3 is 2.80 bits per heavy atom. The van der Waals surface area contributed by atoms with Crippen molar-refractivity contribution in [3.8, 4) is 11.3 Å². The number of aromatic nitrogens is 1. The minimum absolute atomic E-state index is 0.0102. The van der Waals surface area contributed by atoms with Crippen LogP contribution in [0.2, 0.25) is 0 Å². The summed E-state index contributed by atoms with van der Waals surface area (Å²) in [4.78, 5) is 4.68. The Kier molecular flexibility index (Phi) is 5.12. The monoisotopic (exact) mass is 362 g/mol. The molecule has 2 aliphatic heterocycles. The molecule has 2 fully saturated rings. The van der Waals surface area contributed by atoms with Crippen LogP contribution in [0.1, 0.15) is 30.7 Å². The van der Waals surface area contributed by atoms with Crippen LogP contribution in [0.5, 0.6) is 0 Å². The van der Waals surface area contributed by atoms with E-state index in [4.69, 9.17) is 9.47 Å². The number of hydrogen-bond donors (Lipinski definition) is 1. The van der Waals surface area contributed by atoms with Crippen molar-refractivity contribution in [2.24, 2.45) is 0 Å². The number of benzene rings is 1. The zero-order valence-electron chi connectivity index (χ0n) is 14.2. The predicted molar refractivity (Wildman–Crippen MR) is 96.1 cm³/mol. The number of nitrogens with zero attached hydrogens (tertiary/aromatic N) is 1. The van der Waals surface area contributed by atoms with Crippen molar-refractivity contribution in [3.63, 3.8) is 0 Å². The van der Waals surface area contributed by atoms with Crippen LogP contribution in [0.4, 0.5) is 4.39 Å². The van der Waals surface area contributed by atoms with Crippen LogP contribution in [-0.4, -0.2) is 36.4 Å². The van der Waals surface area contributed by atoms with Crippen LogP contribution in [0.25, 0.3) is 11.3 Å². The molecule has 0 aliphatic carbocycles. The Morgan fingerprint density at radius 1 is 1.20 bits per heavy atom. The second kappa shape index (κ2) is 7.50. The zero-order chi connectivity index (χ0) is 17.1. The average Bonchev–Trinajstić information content (AvgIpc) is 3.10. The summed E-state index contributed by atoms with van der Waals surface area (Å²) < 4.78 is 24.6. The van der Waals surface area contributed by atoms with Gasteiger partial charge in [0.05, 0.1) is 11.3 Å². The van der Waals surface area contributed by atoms with Gasteiger partial charge in [-0.25, -0.2) is 9.37 Å². The fourth-order valence-electron chi connectivity index (χ4n) is 3.67. The van der Waals surface area contributed by atoms with Crippen molar-refractivity contribution in [1.82, 2.24) is 10.3 Å². The first-order chi connectivity index (χ1) is 12.2. The molecule has 2 aliphatic rings. The van der Waals surface area contributed by atoms with E-state index in [9.17, 15) is 4.39 Å². The first-order valence-electron chi connectivity index (χ1n) is 8.88. The van der Waals surface area contributed by atoms with Gasteiger partial charge in [0.2, 0.25) is 0 Å². The zero-order valence-corrected chi connectivity index (χ0v) is 15.0. The Balaban J connectivity index is 1.34. The second-order valence-corrected chi connectivity index (χ2v) is 7.79. The van der Waals surface area contributed by atoms with Crippen LogP contribution < -0.4 is 5.32 Å². The number of halogens is 1. The molecule has 1 atom stereocenters. The van der Waals surface area contributed by atoms with Crippen LogP contribution >= 0.6 is 11.3 Å². The van der Waals surface area contributed by atoms with Crippen molar-refractivity contribution < 1.29 is 13.9 Å². The highest BCUT2D eigenvalue weighted by Crippen LogP contribution is 2.34. The quantitative estimate of drug-likeness (QED) is 0.899. The Labute approximate surface area is 151 Å². The largest absolute Gasteiger partial charge is 0.381 e. The lowest BCUT2D eigenvalue weighted by atomic mass is 9.84. The van der Waals surface area contributed by atoms with E-state index in [0.29, 0.717) is 6.04 Å². The molecule has 0 unspecified atom stereocenters. The molecule has 25 heavy (non-hydrogen) atoms. The van der Waals surface area contributed by atoms with Gasteiger partial charge in [-0.3, -0.25) is 0 Å². The van der Waals surface area contributed by atoms with E-state index in [-0.39, 0.29) is 11.4 Å². The lowest BCUT2D eigenvalue weighted by Crippen LogP contribution is -2.49. The minimum Gasteiger partial charge on any atom is -0.381 e. The maximum Gasteiger partial charge on any atom is 0.123 e. The number of hydrogen-bond acceptors (Lipinski definition) is 5. The average molecular weight is 362 g/mol. The molecule has 2 saturated heterocycles. The number of nitrogens with one attached hydrogen (secondary N) is 1. The molecule has 0 radical (unpaired) electrons. The molecule has 1 aromatic heterocycles. The topological polar surface area (TPSA) is 43.4 Å². The smallest absolute Gasteiger partial charge is 0.123 e. The second-order valence-electron chi connectivity index (χ2n) is 6.85. The van der Waals surface area contributed by atoms with Gasteiger partial charge in [-0.2, -0.15) is 0 Å². The Hall–Kier alpha value is -1.34. The fourth-order valence-corrected chi connectivity index (χ4v) is 4.42. The number of rotatable bonds is 4. The maximum atomic E-state index is 13.0. The van der Waals surface area contributed by atoms with Crippen molar-refractivity contribution >= 4 is 11.3 Å². The normalized spacial score (nSPS) is 23.0. The number of ether oxygens (including phenoxy) is 2. The summed E-state index contributed by atoms with van der Waals surface area (Å²) in [5, 5.41) is 6.75. The van der Waals surface area contributed by atoms with Gasteiger partial charge in [0, 0.05) is 43.4 Å². The van der Waals surface area contributed by atoms with Gasteiger partial charge in [-0.15, -0.1) is 11.3 Å². The van der Waals surface area contributed by atoms with Crippen molar-refractivity contribution in [1.29, 1.82) is 0 Å². The Bertz CT molecular complexity index is 692. The van der Waals surface area contributed by atoms with E-state index >= 15 is 0 Å². The molecule has 134 valence electrons. The van der Waals surface area contributed by atoms with Crippen molar-refractivity contribution in [3.05, 3.63) is 40.5 Å². The summed E-state index contributed by atoms with van der Waals surface area (Å²) >= 11 is 1.65. The van der Waals surface area contributed by atoms with Crippen molar-refractivity contribution in [2.75, 3.05) is 19.8 Å². The van der Waals surface area contributed by atoms with Gasteiger partial charge >= 0.3 is 0 Å². The molecule has 2 aromatic rings. The summed E-state index contributed by atoms with van der Waals surface area (Å²) in [6, 6.07) is 6.96. The molecule has 0 amide bonds. The van der Waals surface area contributed by atoms with E-state index < -0.39 is 0 Å². The van der Waals surface area contributed by atoms with Crippen LogP contribution in [0, 0.1) is 5.82 Å². The van der Waals surface area contributed by atoms with Gasteiger partial charge < -0.3 is 14.8 Å². The van der Waals surface area contributed by atoms with Gasteiger partial charge in [-0.05, 0) is 49.9 Å². The standard InChI is InChI=1S/C19H23FN2O2S/c20-15-3-1-14(2-4-15)17-13-25-18(22-17)12-21-16-5-8-24-19(11-16)6-9-23-10-7-19/h1-4,13,16,21H,5-12H2/t16-/m1/s1. The van der Waals surface area contributed by atoms with E-state index in [1.807, 2.05) is 5.38 Å². The van der Waals surface area contributed by atoms with Crippen molar-refractivity contribution in [2.45, 2.75) is 43.9 Å². The van der Waals surface area contributed by atoms with E-state index in [0.717, 1.165) is 68.3 Å². The predicted octanol–water partition coefficient (Wildman–Crippen LogP) is 3.77. The summed E-state index contributed by atoms with van der Waals surface area (Å²) in [5.41, 5.74) is 1.88.